The summed E-state index contributed by atoms with van der Waals surface area (Å²) in [5.41, 5.74) is 2.34. The number of nitrogens with one attached hydrogen (secondary N) is 2. The number of nitrogens with zero attached hydrogens (tertiary/aromatic N) is 1. The fourth-order valence-electron chi connectivity index (χ4n) is 2.31. The topological polar surface area (TPSA) is 84.1 Å². The zero-order valence-corrected chi connectivity index (χ0v) is 12.8. The standard InChI is InChI=1S/C17H14FN3O3/c1-24-17(23)11-2-4-13(18)12(6-11)8-19-16(22)10-3-5-14-15(7-10)21-9-20-14/h2-7,9H,8H2,1H3,(H,19,22)(H,20,21). The Bertz CT molecular complexity index is 920. The van der Waals surface area contributed by atoms with Crippen LogP contribution < -0.4 is 5.32 Å². The molecular weight excluding hydrogens is 313 g/mol. The van der Waals surface area contributed by atoms with Crippen LogP contribution in [0.2, 0.25) is 0 Å². The number of esters is 1. The summed E-state index contributed by atoms with van der Waals surface area (Å²) < 4.78 is 18.4. The third kappa shape index (κ3) is 3.10. The number of rotatable bonds is 4. The number of halogens is 1. The van der Waals surface area contributed by atoms with Crippen molar-refractivity contribution in [3.05, 3.63) is 65.2 Å². The number of carbonyl (C=O) groups excluding carboxylic acids is 2. The predicted molar refractivity (Wildman–Crippen MR) is 85.0 cm³/mol. The molecule has 0 fully saturated rings. The van der Waals surface area contributed by atoms with Crippen molar-refractivity contribution >= 4 is 22.9 Å². The lowest BCUT2D eigenvalue weighted by atomic mass is 10.1. The summed E-state index contributed by atoms with van der Waals surface area (Å²) in [6, 6.07) is 8.89. The Hall–Kier alpha value is -3.22. The van der Waals surface area contributed by atoms with Crippen LogP contribution in [0.1, 0.15) is 26.3 Å². The van der Waals surface area contributed by atoms with Gasteiger partial charge in [0.1, 0.15) is 5.82 Å². The number of imidazole rings is 1. The number of methoxy groups -OCH3 is 1. The van der Waals surface area contributed by atoms with E-state index in [2.05, 4.69) is 20.0 Å². The normalized spacial score (nSPS) is 10.6. The molecule has 0 aliphatic carbocycles. The van der Waals surface area contributed by atoms with Crippen molar-refractivity contribution < 1.29 is 18.7 Å². The van der Waals surface area contributed by atoms with E-state index in [9.17, 15) is 14.0 Å². The van der Waals surface area contributed by atoms with Crippen LogP contribution in [0.4, 0.5) is 4.39 Å². The molecule has 0 spiro atoms. The molecule has 1 aromatic heterocycles. The second-order valence-electron chi connectivity index (χ2n) is 5.11. The molecule has 1 amide bonds. The third-order valence-corrected chi connectivity index (χ3v) is 3.59. The largest absolute Gasteiger partial charge is 0.465 e. The SMILES string of the molecule is COC(=O)c1ccc(F)c(CNC(=O)c2ccc3nc[nH]c3c2)c1. The first-order valence-corrected chi connectivity index (χ1v) is 7.16. The highest BCUT2D eigenvalue weighted by Crippen LogP contribution is 2.14. The van der Waals surface area contributed by atoms with E-state index in [1.807, 2.05) is 0 Å². The number of aromatic nitrogens is 2. The first-order valence-electron chi connectivity index (χ1n) is 7.16. The molecule has 3 rings (SSSR count). The van der Waals surface area contributed by atoms with Gasteiger partial charge in [0.2, 0.25) is 0 Å². The number of hydrogen-bond acceptors (Lipinski definition) is 4. The molecule has 0 radical (unpaired) electrons. The quantitative estimate of drug-likeness (QED) is 0.721. The fraction of sp³-hybridized carbons (Fsp3) is 0.118. The summed E-state index contributed by atoms with van der Waals surface area (Å²) in [5, 5.41) is 2.63. The first kappa shape index (κ1) is 15.7. The van der Waals surface area contributed by atoms with E-state index < -0.39 is 11.8 Å². The van der Waals surface area contributed by atoms with E-state index >= 15 is 0 Å². The van der Waals surface area contributed by atoms with Gasteiger partial charge in [0.15, 0.2) is 0 Å². The second kappa shape index (κ2) is 6.49. The molecule has 3 aromatic rings. The van der Waals surface area contributed by atoms with Gasteiger partial charge in [0.25, 0.3) is 5.91 Å². The molecule has 0 unspecified atom stereocenters. The molecule has 2 aromatic carbocycles. The number of ether oxygens (including phenoxy) is 1. The van der Waals surface area contributed by atoms with Gasteiger partial charge in [0.05, 0.1) is 30.0 Å². The lowest BCUT2D eigenvalue weighted by Crippen LogP contribution is -2.23. The smallest absolute Gasteiger partial charge is 0.337 e. The van der Waals surface area contributed by atoms with E-state index in [0.29, 0.717) is 5.56 Å². The van der Waals surface area contributed by atoms with E-state index in [1.54, 1.807) is 24.5 Å². The number of amides is 1. The summed E-state index contributed by atoms with van der Waals surface area (Å²) in [5.74, 6) is -1.42. The van der Waals surface area contributed by atoms with Crippen LogP contribution >= 0.6 is 0 Å². The second-order valence-corrected chi connectivity index (χ2v) is 5.11. The number of hydrogen-bond donors (Lipinski definition) is 2. The van der Waals surface area contributed by atoms with Gasteiger partial charge in [-0.3, -0.25) is 4.79 Å². The highest BCUT2D eigenvalue weighted by Gasteiger charge is 2.12. The predicted octanol–water partition coefficient (Wildman–Crippen LogP) is 2.42. The molecule has 2 N–H and O–H groups in total. The molecule has 1 heterocycles. The number of H-pyrrole nitrogens is 1. The summed E-state index contributed by atoms with van der Waals surface area (Å²) in [7, 11) is 1.25. The summed E-state index contributed by atoms with van der Waals surface area (Å²) in [6.45, 7) is -0.0451. The molecule has 0 saturated carbocycles. The summed E-state index contributed by atoms with van der Waals surface area (Å²) in [4.78, 5) is 30.7. The number of aromatic amines is 1. The third-order valence-electron chi connectivity index (χ3n) is 3.59. The average Bonchev–Trinajstić information content (AvgIpc) is 3.07. The molecule has 24 heavy (non-hydrogen) atoms. The lowest BCUT2D eigenvalue weighted by Gasteiger charge is -2.08. The Morgan fingerprint density at radius 2 is 2.00 bits per heavy atom. The van der Waals surface area contributed by atoms with Crippen molar-refractivity contribution in [2.45, 2.75) is 6.54 Å². The Labute approximate surface area is 136 Å². The van der Waals surface area contributed by atoms with E-state index in [4.69, 9.17) is 0 Å². The number of carbonyl (C=O) groups is 2. The molecule has 0 saturated heterocycles. The highest BCUT2D eigenvalue weighted by atomic mass is 19.1. The van der Waals surface area contributed by atoms with Crippen molar-refractivity contribution in [2.75, 3.05) is 7.11 Å². The zero-order valence-electron chi connectivity index (χ0n) is 12.8. The van der Waals surface area contributed by atoms with Gasteiger partial charge in [-0.2, -0.15) is 0 Å². The average molecular weight is 327 g/mol. The fourth-order valence-corrected chi connectivity index (χ4v) is 2.31. The van der Waals surface area contributed by atoms with Crippen LogP contribution in [-0.4, -0.2) is 29.0 Å². The lowest BCUT2D eigenvalue weighted by molar-refractivity contribution is 0.0600. The number of benzene rings is 2. The minimum absolute atomic E-state index is 0.0451. The van der Waals surface area contributed by atoms with E-state index in [1.165, 1.54) is 25.3 Å². The molecule has 6 nitrogen and oxygen atoms in total. The summed E-state index contributed by atoms with van der Waals surface area (Å²) >= 11 is 0. The Kier molecular flexibility index (Phi) is 4.24. The Balaban J connectivity index is 1.74. The van der Waals surface area contributed by atoms with Gasteiger partial charge in [-0.15, -0.1) is 0 Å². The van der Waals surface area contributed by atoms with Crippen LogP contribution in [0, 0.1) is 5.82 Å². The highest BCUT2D eigenvalue weighted by molar-refractivity contribution is 5.97. The van der Waals surface area contributed by atoms with Crippen molar-refractivity contribution in [1.29, 1.82) is 0 Å². The van der Waals surface area contributed by atoms with Gasteiger partial charge in [-0.25, -0.2) is 14.2 Å². The van der Waals surface area contributed by atoms with Crippen molar-refractivity contribution in [1.82, 2.24) is 15.3 Å². The van der Waals surface area contributed by atoms with Gasteiger partial charge in [-0.1, -0.05) is 0 Å². The molecule has 0 atom stereocenters. The molecule has 7 heteroatoms. The van der Waals surface area contributed by atoms with Crippen LogP contribution in [-0.2, 0) is 11.3 Å². The number of fused-ring (bicyclic) bond motifs is 1. The molecule has 0 aliphatic rings. The van der Waals surface area contributed by atoms with Crippen LogP contribution in [0.3, 0.4) is 0 Å². The van der Waals surface area contributed by atoms with Crippen LogP contribution in [0.15, 0.2) is 42.7 Å². The maximum Gasteiger partial charge on any atom is 0.337 e. The maximum absolute atomic E-state index is 13.8. The summed E-state index contributed by atoms with van der Waals surface area (Å²) in [6.07, 6.45) is 1.54. The van der Waals surface area contributed by atoms with Gasteiger partial charge >= 0.3 is 5.97 Å². The van der Waals surface area contributed by atoms with Crippen molar-refractivity contribution in [3.8, 4) is 0 Å². The molecule has 122 valence electrons. The maximum atomic E-state index is 13.8. The zero-order chi connectivity index (χ0) is 17.1. The minimum atomic E-state index is -0.563. The first-order chi connectivity index (χ1) is 11.6. The van der Waals surface area contributed by atoms with Crippen molar-refractivity contribution in [3.63, 3.8) is 0 Å². The van der Waals surface area contributed by atoms with Gasteiger partial charge < -0.3 is 15.0 Å². The molecular formula is C17H14FN3O3. The monoisotopic (exact) mass is 327 g/mol. The minimum Gasteiger partial charge on any atom is -0.465 e. The molecule has 0 bridgehead atoms. The Morgan fingerprint density at radius 1 is 1.21 bits per heavy atom. The van der Waals surface area contributed by atoms with Crippen LogP contribution in [0.5, 0.6) is 0 Å². The van der Waals surface area contributed by atoms with Crippen molar-refractivity contribution in [2.24, 2.45) is 0 Å². The molecule has 0 aliphatic heterocycles. The van der Waals surface area contributed by atoms with E-state index in [0.717, 1.165) is 11.0 Å². The Morgan fingerprint density at radius 3 is 2.79 bits per heavy atom. The van der Waals surface area contributed by atoms with Gasteiger partial charge in [0, 0.05) is 17.7 Å². The van der Waals surface area contributed by atoms with Crippen LogP contribution in [0.25, 0.3) is 11.0 Å². The van der Waals surface area contributed by atoms with Gasteiger partial charge in [-0.05, 0) is 36.4 Å². The van der Waals surface area contributed by atoms with E-state index in [-0.39, 0.29) is 23.6 Å².